The van der Waals surface area contributed by atoms with Crippen molar-refractivity contribution in [1.82, 2.24) is 4.90 Å². The van der Waals surface area contributed by atoms with Crippen molar-refractivity contribution in [2.75, 3.05) is 52.3 Å². The summed E-state index contributed by atoms with van der Waals surface area (Å²) in [5, 5.41) is 8.82. The number of hydrogen-bond donors (Lipinski definition) is 0. The molecule has 0 N–H and O–H groups in total. The topological polar surface area (TPSA) is 75.0 Å². The van der Waals surface area contributed by atoms with E-state index < -0.39 is 0 Å². The molecular weight excluding hydrogens is 478 g/mol. The lowest BCUT2D eigenvalue weighted by atomic mass is 9.91. The molecule has 7 nitrogen and oxygen atoms in total. The number of carbonyl (C=O) groups is 1. The lowest BCUT2D eigenvalue weighted by molar-refractivity contribution is -0.203. The molecule has 1 aromatic rings. The molecule has 1 saturated heterocycles. The number of rotatable bonds is 7. The highest BCUT2D eigenvalue weighted by Crippen LogP contribution is 2.22. The second kappa shape index (κ2) is 20.8. The van der Waals surface area contributed by atoms with Gasteiger partial charge in [-0.05, 0) is 65.0 Å². The molecule has 1 aliphatic heterocycles. The molecule has 0 radical (unpaired) electrons. The normalized spacial score (nSPS) is 19.3. The van der Waals surface area contributed by atoms with Gasteiger partial charge in [0.15, 0.2) is 6.29 Å². The summed E-state index contributed by atoms with van der Waals surface area (Å²) in [6.07, 6.45) is 8.16. The number of ether oxygens (including phenoxy) is 3. The summed E-state index contributed by atoms with van der Waals surface area (Å²) < 4.78 is 16.1. The van der Waals surface area contributed by atoms with Crippen LogP contribution in [0, 0.1) is 23.2 Å². The van der Waals surface area contributed by atoms with E-state index in [9.17, 15) is 4.79 Å². The largest absolute Gasteiger partial charge is 0.462 e. The zero-order chi connectivity index (χ0) is 29.0. The highest BCUT2D eigenvalue weighted by atomic mass is 16.7. The second-order valence-corrected chi connectivity index (χ2v) is 11.2. The minimum atomic E-state index is -0.318. The molecule has 0 atom stereocenters. The van der Waals surface area contributed by atoms with Crippen LogP contribution in [0.5, 0.6) is 0 Å². The average molecular weight is 534 g/mol. The Morgan fingerprint density at radius 2 is 1.58 bits per heavy atom. The molecule has 0 bridgehead atoms. The molecule has 0 spiro atoms. The van der Waals surface area contributed by atoms with Crippen LogP contribution in [0.1, 0.15) is 85.6 Å². The monoisotopic (exact) mass is 533 g/mol. The summed E-state index contributed by atoms with van der Waals surface area (Å²) in [6.45, 7) is 15.7. The summed E-state index contributed by atoms with van der Waals surface area (Å²) in [4.78, 5) is 13.9. The quantitative estimate of drug-likeness (QED) is 0.370. The van der Waals surface area contributed by atoms with Crippen LogP contribution in [0.2, 0.25) is 0 Å². The first kappa shape index (κ1) is 35.9. The first-order valence-corrected chi connectivity index (χ1v) is 14.2. The number of hydrogen-bond acceptors (Lipinski definition) is 7. The van der Waals surface area contributed by atoms with Crippen LogP contribution >= 0.6 is 0 Å². The van der Waals surface area contributed by atoms with Crippen LogP contribution in [0.4, 0.5) is 5.69 Å². The van der Waals surface area contributed by atoms with Gasteiger partial charge in [0.05, 0.1) is 24.8 Å². The summed E-state index contributed by atoms with van der Waals surface area (Å²) in [5.74, 6) is 1.50. The molecular formula is C31H55N3O4. The zero-order valence-corrected chi connectivity index (χ0v) is 25.7. The third-order valence-electron chi connectivity index (χ3n) is 6.09. The predicted octanol–water partition coefficient (Wildman–Crippen LogP) is 6.51. The zero-order valence-electron chi connectivity index (χ0n) is 25.7. The van der Waals surface area contributed by atoms with E-state index in [1.165, 1.54) is 32.1 Å². The Hall–Kier alpha value is -2.14. The number of nitrogens with zero attached hydrogens (tertiary/aromatic N) is 3. The van der Waals surface area contributed by atoms with E-state index >= 15 is 0 Å². The highest BCUT2D eigenvalue weighted by Gasteiger charge is 2.22. The van der Waals surface area contributed by atoms with Crippen LogP contribution < -0.4 is 4.90 Å². The summed E-state index contributed by atoms with van der Waals surface area (Å²) in [5.41, 5.74) is 1.46. The van der Waals surface area contributed by atoms with Crippen LogP contribution in [0.15, 0.2) is 24.3 Å². The lowest BCUT2D eigenvalue weighted by Gasteiger charge is -2.32. The maximum absolute atomic E-state index is 9.60. The van der Waals surface area contributed by atoms with Gasteiger partial charge in [-0.15, -0.1) is 0 Å². The fraction of sp³-hybridized carbons (Fsp3) is 0.742. The van der Waals surface area contributed by atoms with Gasteiger partial charge in [-0.1, -0.05) is 52.9 Å². The molecule has 0 aromatic heterocycles. The fourth-order valence-electron chi connectivity index (χ4n) is 4.04. The van der Waals surface area contributed by atoms with Gasteiger partial charge in [-0.3, -0.25) is 4.79 Å². The van der Waals surface area contributed by atoms with E-state index in [-0.39, 0.29) is 11.9 Å². The van der Waals surface area contributed by atoms with Crippen LogP contribution in [0.25, 0.3) is 0 Å². The molecule has 3 rings (SSSR count). The van der Waals surface area contributed by atoms with Gasteiger partial charge < -0.3 is 24.0 Å². The molecule has 218 valence electrons. The van der Waals surface area contributed by atoms with Crippen molar-refractivity contribution in [3.63, 3.8) is 0 Å². The van der Waals surface area contributed by atoms with Gasteiger partial charge in [0, 0.05) is 38.2 Å². The van der Waals surface area contributed by atoms with Gasteiger partial charge in [0.2, 0.25) is 0 Å². The van der Waals surface area contributed by atoms with E-state index in [1.807, 2.05) is 65.9 Å². The maximum Gasteiger partial charge on any atom is 0.293 e. The molecule has 1 saturated carbocycles. The summed E-state index contributed by atoms with van der Waals surface area (Å²) in [7, 11) is 6.18. The fourth-order valence-corrected chi connectivity index (χ4v) is 4.04. The van der Waals surface area contributed by atoms with Crippen molar-refractivity contribution in [2.24, 2.45) is 11.8 Å². The Labute approximate surface area is 233 Å². The number of nitriles is 1. The molecule has 2 fully saturated rings. The number of carbonyl (C=O) groups excluding carboxylic acids is 1. The van der Waals surface area contributed by atoms with Gasteiger partial charge in [0.1, 0.15) is 5.60 Å². The van der Waals surface area contributed by atoms with Crippen molar-refractivity contribution in [3.05, 3.63) is 29.8 Å². The summed E-state index contributed by atoms with van der Waals surface area (Å²) >= 11 is 0. The SMILES string of the molecule is CC.CC(C)(C)OC=O.CC1CCCCC1.CN(C)CC1COC(CCN(C)c2ccc(C#N)cc2)OC1. The maximum atomic E-state index is 9.60. The van der Waals surface area contributed by atoms with Crippen LogP contribution in [-0.2, 0) is 19.0 Å². The van der Waals surface area contributed by atoms with Crippen molar-refractivity contribution in [3.8, 4) is 6.07 Å². The molecule has 38 heavy (non-hydrogen) atoms. The van der Waals surface area contributed by atoms with Crippen LogP contribution in [-0.4, -0.2) is 70.7 Å². The van der Waals surface area contributed by atoms with E-state index in [4.69, 9.17) is 14.7 Å². The Morgan fingerprint density at radius 1 is 1.03 bits per heavy atom. The molecule has 1 aliphatic carbocycles. The standard InChI is InChI=1S/C17H25N3O2.C7H14.C5H10O2.C2H6/c1-19(2)11-15-12-21-17(22-13-15)8-9-20(3)16-6-4-14(10-18)5-7-16;1-7-5-3-2-4-6-7;1-5(2,3)7-4-6;1-2/h4-7,15,17H,8-9,11-13H2,1-3H3;7H,2-6H2,1H3;4H,1-3H3;1-2H3. The molecule has 0 amide bonds. The molecule has 7 heteroatoms. The van der Waals surface area contributed by atoms with Crippen molar-refractivity contribution in [2.45, 2.75) is 92.0 Å². The molecule has 0 unspecified atom stereocenters. The lowest BCUT2D eigenvalue weighted by Crippen LogP contribution is -2.38. The molecule has 2 aliphatic rings. The van der Waals surface area contributed by atoms with E-state index in [0.29, 0.717) is 18.0 Å². The molecule has 1 aromatic carbocycles. The molecule has 1 heterocycles. The van der Waals surface area contributed by atoms with Gasteiger partial charge >= 0.3 is 0 Å². The Bertz CT molecular complexity index is 742. The number of benzene rings is 1. The average Bonchev–Trinajstić information content (AvgIpc) is 2.89. The Balaban J connectivity index is 0.000000697. The van der Waals surface area contributed by atoms with E-state index in [1.54, 1.807) is 0 Å². The number of anilines is 1. The van der Waals surface area contributed by atoms with E-state index in [0.717, 1.165) is 44.3 Å². The third kappa shape index (κ3) is 18.2. The minimum absolute atomic E-state index is 0.112. The van der Waals surface area contributed by atoms with Crippen molar-refractivity contribution >= 4 is 12.2 Å². The Kier molecular flexibility index (Phi) is 19.6. The van der Waals surface area contributed by atoms with Gasteiger partial charge in [-0.2, -0.15) is 5.26 Å². The smallest absolute Gasteiger partial charge is 0.293 e. The van der Waals surface area contributed by atoms with Gasteiger partial charge in [-0.25, -0.2) is 0 Å². The first-order chi connectivity index (χ1) is 18.0. The van der Waals surface area contributed by atoms with Gasteiger partial charge in [0.25, 0.3) is 6.47 Å². The van der Waals surface area contributed by atoms with Crippen molar-refractivity contribution < 1.29 is 19.0 Å². The Morgan fingerprint density at radius 3 is 1.95 bits per heavy atom. The van der Waals surface area contributed by atoms with Crippen LogP contribution in [0.3, 0.4) is 0 Å². The van der Waals surface area contributed by atoms with Crippen molar-refractivity contribution in [1.29, 1.82) is 5.26 Å². The summed E-state index contributed by atoms with van der Waals surface area (Å²) in [6, 6.07) is 9.74. The third-order valence-corrected chi connectivity index (χ3v) is 6.09. The predicted molar refractivity (Wildman–Crippen MR) is 157 cm³/mol. The first-order valence-electron chi connectivity index (χ1n) is 14.2. The second-order valence-electron chi connectivity index (χ2n) is 11.2. The minimum Gasteiger partial charge on any atom is -0.462 e. The highest BCUT2D eigenvalue weighted by molar-refractivity contribution is 5.48. The van der Waals surface area contributed by atoms with E-state index in [2.05, 4.69) is 41.6 Å².